The van der Waals surface area contributed by atoms with Gasteiger partial charge in [-0.15, -0.1) is 0 Å². The Morgan fingerprint density at radius 3 is 2.24 bits per heavy atom. The van der Waals surface area contributed by atoms with E-state index in [2.05, 4.69) is 20.8 Å². The molecule has 0 radical (unpaired) electrons. The summed E-state index contributed by atoms with van der Waals surface area (Å²) in [7, 11) is 0. The molecule has 3 aromatic carbocycles. The van der Waals surface area contributed by atoms with Crippen LogP contribution in [-0.4, -0.2) is 36.1 Å². The molecule has 4 rings (SSSR count). The minimum atomic E-state index is -0.896. The highest BCUT2D eigenvalue weighted by molar-refractivity contribution is 6.51. The first-order valence-electron chi connectivity index (χ1n) is 14.0. The molecule has 1 amide bonds. The first kappa shape index (κ1) is 29.7. The Bertz CT molecular complexity index is 1470. The maximum Gasteiger partial charge on any atom is 0.300 e. The third kappa shape index (κ3) is 6.24. The van der Waals surface area contributed by atoms with Gasteiger partial charge in [-0.2, -0.15) is 0 Å². The van der Waals surface area contributed by atoms with Crippen LogP contribution in [0.2, 0.25) is 0 Å². The molecule has 0 bridgehead atoms. The van der Waals surface area contributed by atoms with Gasteiger partial charge in [0.2, 0.25) is 0 Å². The van der Waals surface area contributed by atoms with Crippen LogP contribution in [0, 0.1) is 0 Å². The van der Waals surface area contributed by atoms with Gasteiger partial charge in [-0.05, 0) is 81.1 Å². The fourth-order valence-electron chi connectivity index (χ4n) is 5.03. The summed E-state index contributed by atoms with van der Waals surface area (Å²) in [5.74, 6) is 0.129. The fraction of sp³-hybridized carbons (Fsp3) is 0.353. The molecule has 0 spiro atoms. The molecule has 1 saturated heterocycles. The summed E-state index contributed by atoms with van der Waals surface area (Å²) >= 11 is 0. The van der Waals surface area contributed by atoms with Crippen LogP contribution in [0.3, 0.4) is 0 Å². The summed E-state index contributed by atoms with van der Waals surface area (Å²) < 4.78 is 17.5. The van der Waals surface area contributed by atoms with E-state index in [4.69, 9.17) is 14.2 Å². The van der Waals surface area contributed by atoms with Gasteiger partial charge in [0.1, 0.15) is 23.0 Å². The number of hydrogen-bond donors (Lipinski definition) is 1. The van der Waals surface area contributed by atoms with Gasteiger partial charge >= 0.3 is 0 Å². The Balaban J connectivity index is 1.95. The predicted octanol–water partition coefficient (Wildman–Crippen LogP) is 7.20. The fourth-order valence-corrected chi connectivity index (χ4v) is 5.03. The van der Waals surface area contributed by atoms with Gasteiger partial charge in [-0.25, -0.2) is 0 Å². The molecule has 41 heavy (non-hydrogen) atoms. The van der Waals surface area contributed by atoms with E-state index < -0.39 is 17.7 Å². The number of ether oxygens (including phenoxy) is 3. The summed E-state index contributed by atoms with van der Waals surface area (Å²) in [6, 6.07) is 18.8. The van der Waals surface area contributed by atoms with Gasteiger partial charge in [0.25, 0.3) is 11.7 Å². The number of aliphatic hydroxyl groups excluding tert-OH is 1. The van der Waals surface area contributed by atoms with Crippen molar-refractivity contribution < 1.29 is 28.9 Å². The Kier molecular flexibility index (Phi) is 8.76. The minimum absolute atomic E-state index is 0.00234. The normalized spacial score (nSPS) is 16.8. The second kappa shape index (κ2) is 12.1. The minimum Gasteiger partial charge on any atom is -0.507 e. The summed E-state index contributed by atoms with van der Waals surface area (Å²) in [5.41, 5.74) is 2.13. The molecule has 1 aliphatic heterocycles. The average Bonchev–Trinajstić information content (AvgIpc) is 3.18. The Hall–Kier alpha value is -4.26. The van der Waals surface area contributed by atoms with E-state index in [-0.39, 0.29) is 22.9 Å². The first-order valence-corrected chi connectivity index (χ1v) is 14.0. The van der Waals surface area contributed by atoms with E-state index >= 15 is 0 Å². The number of Topliss-reactive ketones (excluding diaryl/α,β-unsaturated/α-hetero) is 1. The van der Waals surface area contributed by atoms with Gasteiger partial charge < -0.3 is 19.3 Å². The molecule has 3 aromatic rings. The van der Waals surface area contributed by atoms with Crippen molar-refractivity contribution in [2.75, 3.05) is 18.1 Å². The number of anilines is 1. The van der Waals surface area contributed by atoms with Crippen molar-refractivity contribution in [3.8, 4) is 17.2 Å². The number of nitrogens with zero attached hydrogens (tertiary/aromatic N) is 1. The van der Waals surface area contributed by atoms with Crippen LogP contribution in [0.5, 0.6) is 17.2 Å². The van der Waals surface area contributed by atoms with E-state index in [0.29, 0.717) is 47.3 Å². The van der Waals surface area contributed by atoms with Crippen molar-refractivity contribution in [1.29, 1.82) is 0 Å². The number of ketones is 1. The quantitative estimate of drug-likeness (QED) is 0.170. The molecule has 1 heterocycles. The Morgan fingerprint density at radius 2 is 1.59 bits per heavy atom. The third-order valence-electron chi connectivity index (χ3n) is 6.76. The highest BCUT2D eigenvalue weighted by Gasteiger charge is 2.47. The zero-order chi connectivity index (χ0) is 29.9. The maximum atomic E-state index is 13.7. The highest BCUT2D eigenvalue weighted by atomic mass is 16.5. The number of hydrogen-bond acceptors (Lipinski definition) is 6. The van der Waals surface area contributed by atoms with Gasteiger partial charge in [-0.3, -0.25) is 14.5 Å². The van der Waals surface area contributed by atoms with Crippen LogP contribution in [0.4, 0.5) is 5.69 Å². The zero-order valence-electron chi connectivity index (χ0n) is 24.9. The highest BCUT2D eigenvalue weighted by Crippen LogP contribution is 2.44. The van der Waals surface area contributed by atoms with Crippen LogP contribution in [-0.2, 0) is 15.0 Å². The number of rotatable bonds is 9. The van der Waals surface area contributed by atoms with Crippen molar-refractivity contribution in [3.05, 3.63) is 89.0 Å². The summed E-state index contributed by atoms with van der Waals surface area (Å²) in [4.78, 5) is 28.8. The Labute approximate surface area is 242 Å². The van der Waals surface area contributed by atoms with Crippen LogP contribution in [0.1, 0.15) is 71.2 Å². The molecule has 1 atom stereocenters. The first-order chi connectivity index (χ1) is 19.5. The van der Waals surface area contributed by atoms with Gasteiger partial charge in [0, 0.05) is 22.9 Å². The van der Waals surface area contributed by atoms with E-state index in [1.54, 1.807) is 36.4 Å². The summed E-state index contributed by atoms with van der Waals surface area (Å²) in [6.45, 7) is 14.8. The van der Waals surface area contributed by atoms with Crippen LogP contribution in [0.25, 0.3) is 5.76 Å². The molecular weight excluding hydrogens is 518 g/mol. The lowest BCUT2D eigenvalue weighted by atomic mass is 9.84. The summed E-state index contributed by atoms with van der Waals surface area (Å²) in [5, 5.41) is 11.8. The molecule has 7 nitrogen and oxygen atoms in total. The molecule has 1 aliphatic rings. The molecule has 0 saturated carbocycles. The van der Waals surface area contributed by atoms with E-state index in [1.807, 2.05) is 58.0 Å². The topological polar surface area (TPSA) is 85.3 Å². The monoisotopic (exact) mass is 557 g/mol. The standard InChI is InChI=1S/C34H39NO6/c1-8-39-25-14-11-13-24(20-25)35-30(22-12-10-15-26(18-22)41-21(3)4)29(32(37)33(35)38)31(36)23-16-17-28(40-9-2)27(19-23)34(5,6)7/h10-21,30,36H,8-9H2,1-7H3/b31-29+. The lowest BCUT2D eigenvalue weighted by molar-refractivity contribution is -0.132. The number of benzene rings is 3. The van der Waals surface area contributed by atoms with Crippen molar-refractivity contribution in [3.63, 3.8) is 0 Å². The van der Waals surface area contributed by atoms with Crippen molar-refractivity contribution in [2.24, 2.45) is 0 Å². The number of carbonyl (C=O) groups excluding carboxylic acids is 2. The molecular formula is C34H39NO6. The lowest BCUT2D eigenvalue weighted by Crippen LogP contribution is -2.29. The largest absolute Gasteiger partial charge is 0.507 e. The second-order valence-corrected chi connectivity index (χ2v) is 11.2. The van der Waals surface area contributed by atoms with Crippen molar-refractivity contribution in [2.45, 2.75) is 66.0 Å². The van der Waals surface area contributed by atoms with Crippen molar-refractivity contribution in [1.82, 2.24) is 0 Å². The third-order valence-corrected chi connectivity index (χ3v) is 6.76. The van der Waals surface area contributed by atoms with Crippen molar-refractivity contribution >= 4 is 23.1 Å². The van der Waals surface area contributed by atoms with E-state index in [0.717, 1.165) is 5.56 Å². The molecule has 1 fully saturated rings. The van der Waals surface area contributed by atoms with E-state index in [9.17, 15) is 14.7 Å². The molecule has 7 heteroatoms. The smallest absolute Gasteiger partial charge is 0.300 e. The predicted molar refractivity (Wildman–Crippen MR) is 161 cm³/mol. The number of aliphatic hydroxyl groups is 1. The number of carbonyl (C=O) groups is 2. The molecule has 216 valence electrons. The SMILES string of the molecule is CCOc1cccc(N2C(=O)C(=O)/C(=C(/O)c3ccc(OCC)c(C(C)(C)C)c3)C2c2cccc(OC(C)C)c2)c1. The lowest BCUT2D eigenvalue weighted by Gasteiger charge is -2.27. The van der Waals surface area contributed by atoms with Crippen LogP contribution < -0.4 is 19.1 Å². The van der Waals surface area contributed by atoms with Crippen LogP contribution >= 0.6 is 0 Å². The maximum absolute atomic E-state index is 13.7. The Morgan fingerprint density at radius 1 is 0.902 bits per heavy atom. The average molecular weight is 558 g/mol. The zero-order valence-corrected chi connectivity index (χ0v) is 24.9. The summed E-state index contributed by atoms with van der Waals surface area (Å²) in [6.07, 6.45) is -0.0702. The van der Waals surface area contributed by atoms with Gasteiger partial charge in [0.15, 0.2) is 0 Å². The number of amides is 1. The molecule has 1 unspecified atom stereocenters. The van der Waals surface area contributed by atoms with Crippen LogP contribution in [0.15, 0.2) is 72.3 Å². The second-order valence-electron chi connectivity index (χ2n) is 11.2. The molecule has 0 aliphatic carbocycles. The van der Waals surface area contributed by atoms with Gasteiger partial charge in [-0.1, -0.05) is 39.0 Å². The van der Waals surface area contributed by atoms with E-state index in [1.165, 1.54) is 4.90 Å². The van der Waals surface area contributed by atoms with Gasteiger partial charge in [0.05, 0.1) is 30.9 Å². The molecule has 1 N–H and O–H groups in total. The molecule has 0 aromatic heterocycles.